The third-order valence-corrected chi connectivity index (χ3v) is 13.0. The highest BCUT2D eigenvalue weighted by atomic mass is 19.1. The maximum Gasteiger partial charge on any atom is 0.265 e. The molecular formula is C44H43F3N10O4. The number of imide groups is 2. The maximum absolute atomic E-state index is 15.9. The van der Waals surface area contributed by atoms with Gasteiger partial charge in [0, 0.05) is 75.1 Å². The van der Waals surface area contributed by atoms with E-state index in [1.165, 1.54) is 18.2 Å². The molecule has 5 aliphatic heterocycles. The normalized spacial score (nSPS) is 21.9. The van der Waals surface area contributed by atoms with Crippen LogP contribution in [-0.2, 0) is 16.1 Å². The second kappa shape index (κ2) is 15.7. The molecule has 2 atom stereocenters. The van der Waals surface area contributed by atoms with Crippen LogP contribution in [0.15, 0.2) is 67.0 Å². The van der Waals surface area contributed by atoms with Crippen molar-refractivity contribution in [3.63, 3.8) is 0 Å². The largest absolute Gasteiger partial charge is 0.354 e. The van der Waals surface area contributed by atoms with E-state index in [0.29, 0.717) is 41.7 Å². The Morgan fingerprint density at radius 2 is 1.57 bits per heavy atom. The van der Waals surface area contributed by atoms with Crippen molar-refractivity contribution in [2.24, 2.45) is 0 Å². The molecular weight excluding hydrogens is 790 g/mol. The molecule has 314 valence electrons. The number of amides is 4. The Balaban J connectivity index is 0.757. The van der Waals surface area contributed by atoms with Gasteiger partial charge in [0.2, 0.25) is 11.8 Å². The highest BCUT2D eigenvalue weighted by Gasteiger charge is 2.46. The number of aromatic nitrogens is 4. The van der Waals surface area contributed by atoms with Crippen LogP contribution in [0.4, 0.5) is 24.8 Å². The third-order valence-electron chi connectivity index (χ3n) is 13.0. The van der Waals surface area contributed by atoms with Crippen molar-refractivity contribution in [3.8, 4) is 11.3 Å². The van der Waals surface area contributed by atoms with E-state index >= 15 is 4.39 Å². The number of benzene rings is 2. The Kier molecular flexibility index (Phi) is 10.0. The number of fused-ring (bicyclic) bond motifs is 2. The van der Waals surface area contributed by atoms with Gasteiger partial charge in [0.1, 0.15) is 35.1 Å². The van der Waals surface area contributed by atoms with Gasteiger partial charge in [0.05, 0.1) is 34.6 Å². The predicted molar refractivity (Wildman–Crippen MR) is 217 cm³/mol. The predicted octanol–water partition coefficient (Wildman–Crippen LogP) is 4.74. The molecule has 17 heteroatoms. The van der Waals surface area contributed by atoms with Gasteiger partial charge in [-0.15, -0.1) is 0 Å². The molecule has 0 aliphatic carbocycles. The number of carbonyl (C=O) groups excluding carboxylic acids is 4. The molecule has 0 spiro atoms. The van der Waals surface area contributed by atoms with Gasteiger partial charge >= 0.3 is 0 Å². The quantitative estimate of drug-likeness (QED) is 0.217. The van der Waals surface area contributed by atoms with E-state index in [1.807, 2.05) is 30.5 Å². The van der Waals surface area contributed by atoms with Crippen LogP contribution in [0, 0.1) is 17.5 Å². The number of nitrogens with one attached hydrogen (secondary N) is 1. The van der Waals surface area contributed by atoms with Gasteiger partial charge in [-0.25, -0.2) is 27.7 Å². The lowest BCUT2D eigenvalue weighted by Crippen LogP contribution is -2.54. The van der Waals surface area contributed by atoms with E-state index in [4.69, 9.17) is 9.97 Å². The lowest BCUT2D eigenvalue weighted by Gasteiger charge is -2.43. The zero-order valence-corrected chi connectivity index (χ0v) is 33.3. The van der Waals surface area contributed by atoms with Crippen LogP contribution >= 0.6 is 0 Å². The number of piperidine rings is 2. The summed E-state index contributed by atoms with van der Waals surface area (Å²) in [4.78, 5) is 70.4. The molecule has 14 nitrogen and oxygen atoms in total. The summed E-state index contributed by atoms with van der Waals surface area (Å²) in [5, 5.41) is 6.71. The molecule has 4 amide bonds. The number of rotatable bonds is 8. The van der Waals surface area contributed by atoms with Gasteiger partial charge in [0.15, 0.2) is 5.65 Å². The molecule has 4 saturated heterocycles. The molecule has 0 bridgehead atoms. The third kappa shape index (κ3) is 7.08. The molecule has 10 rings (SSSR count). The van der Waals surface area contributed by atoms with E-state index in [2.05, 4.69) is 30.0 Å². The number of carbonyl (C=O) groups is 4. The van der Waals surface area contributed by atoms with Crippen LogP contribution < -0.4 is 15.1 Å². The Labute approximate surface area is 348 Å². The molecule has 0 saturated carbocycles. The van der Waals surface area contributed by atoms with Gasteiger partial charge in [-0.1, -0.05) is 18.2 Å². The van der Waals surface area contributed by atoms with Crippen LogP contribution in [0.25, 0.3) is 16.9 Å². The van der Waals surface area contributed by atoms with Crippen molar-refractivity contribution in [1.82, 2.24) is 39.6 Å². The number of hydrogen-bond donors (Lipinski definition) is 1. The van der Waals surface area contributed by atoms with Crippen LogP contribution in [0.1, 0.15) is 76.4 Å². The number of likely N-dealkylation sites (tertiary alicyclic amines) is 1. The first-order chi connectivity index (χ1) is 29.6. The standard InChI is InChI=1S/C44H43F3N10O4/c45-27-7-9-29(32(46)23-27)34-4-2-15-55(34)37-14-18-56-41(50-37)31(24-48-56)33-3-1-5-36(49-33)54-21-19-53(20-22-54)28-12-16-52(17-13-28)25-26-6-8-30-39(40(26)47)44(61)57(43(30)60)35-10-11-38(58)51-42(35)59/h1,3,5-9,14,18,23-24,28,34-35H,2,4,10-13,15-17,19-22,25H2,(H,51,58,59)/t34-,35?/m1/s1. The molecule has 4 fully saturated rings. The summed E-state index contributed by atoms with van der Waals surface area (Å²) in [6.07, 6.45) is 7.02. The second-order valence-electron chi connectivity index (χ2n) is 16.4. The zero-order chi connectivity index (χ0) is 41.9. The fourth-order valence-corrected chi connectivity index (χ4v) is 9.77. The van der Waals surface area contributed by atoms with Crippen molar-refractivity contribution in [3.05, 3.63) is 107 Å². The SMILES string of the molecule is O=C1CCC(N2C(=O)c3ccc(CN4CCC(N5CCN(c6cccc(-c7cnn8ccc(N9CCC[C@@H]9c9ccc(F)cc9F)nc78)n6)CC5)CC4)c(F)c3C2=O)C(=O)N1. The zero-order valence-electron chi connectivity index (χ0n) is 33.3. The van der Waals surface area contributed by atoms with Gasteiger partial charge < -0.3 is 9.80 Å². The van der Waals surface area contributed by atoms with E-state index in [0.717, 1.165) is 93.0 Å². The number of hydrogen-bond acceptors (Lipinski definition) is 11. The summed E-state index contributed by atoms with van der Waals surface area (Å²) in [7, 11) is 0. The van der Waals surface area contributed by atoms with Crippen molar-refractivity contribution >= 4 is 40.9 Å². The Bertz CT molecular complexity index is 2590. The van der Waals surface area contributed by atoms with Crippen molar-refractivity contribution < 1.29 is 32.3 Å². The molecule has 8 heterocycles. The van der Waals surface area contributed by atoms with Crippen molar-refractivity contribution in [1.29, 1.82) is 0 Å². The monoisotopic (exact) mass is 832 g/mol. The molecule has 3 aromatic heterocycles. The van der Waals surface area contributed by atoms with E-state index < -0.39 is 47.1 Å². The molecule has 61 heavy (non-hydrogen) atoms. The average Bonchev–Trinajstić information content (AvgIpc) is 3.99. The fraction of sp³-hybridized carbons (Fsp3) is 0.386. The van der Waals surface area contributed by atoms with Crippen LogP contribution in [0.2, 0.25) is 0 Å². The first kappa shape index (κ1) is 39.0. The minimum Gasteiger partial charge on any atom is -0.354 e. The highest BCUT2D eigenvalue weighted by Crippen LogP contribution is 2.38. The van der Waals surface area contributed by atoms with Crippen molar-refractivity contribution in [2.45, 2.75) is 63.2 Å². The second-order valence-corrected chi connectivity index (χ2v) is 16.4. The van der Waals surface area contributed by atoms with Gasteiger partial charge in [0.25, 0.3) is 11.8 Å². The van der Waals surface area contributed by atoms with Crippen LogP contribution in [0.5, 0.6) is 0 Å². The number of halogens is 3. The number of piperazine rings is 1. The highest BCUT2D eigenvalue weighted by molar-refractivity contribution is 6.23. The maximum atomic E-state index is 15.9. The molecule has 0 radical (unpaired) electrons. The average molecular weight is 833 g/mol. The molecule has 2 aromatic carbocycles. The topological polar surface area (TPSA) is 140 Å². The molecule has 5 aliphatic rings. The minimum atomic E-state index is -1.15. The van der Waals surface area contributed by atoms with E-state index in [1.54, 1.807) is 16.8 Å². The lowest BCUT2D eigenvalue weighted by molar-refractivity contribution is -0.136. The summed E-state index contributed by atoms with van der Waals surface area (Å²) >= 11 is 0. The van der Waals surface area contributed by atoms with Gasteiger partial charge in [-0.05, 0) is 75.5 Å². The number of anilines is 2. The van der Waals surface area contributed by atoms with Gasteiger partial charge in [-0.2, -0.15) is 5.10 Å². The molecule has 5 aromatic rings. The Morgan fingerprint density at radius 1 is 0.754 bits per heavy atom. The van der Waals surface area contributed by atoms with Crippen molar-refractivity contribution in [2.75, 3.05) is 55.6 Å². The van der Waals surface area contributed by atoms with Crippen LogP contribution in [0.3, 0.4) is 0 Å². The Hall–Kier alpha value is -6.20. The lowest BCUT2D eigenvalue weighted by atomic mass is 10.00. The summed E-state index contributed by atoms with van der Waals surface area (Å²) in [6, 6.07) is 13.6. The fourth-order valence-electron chi connectivity index (χ4n) is 9.77. The van der Waals surface area contributed by atoms with E-state index in [9.17, 15) is 28.0 Å². The summed E-state index contributed by atoms with van der Waals surface area (Å²) in [6.45, 7) is 5.81. The number of pyridine rings is 1. The summed E-state index contributed by atoms with van der Waals surface area (Å²) < 4.78 is 46.1. The molecule has 1 unspecified atom stereocenters. The smallest absolute Gasteiger partial charge is 0.265 e. The first-order valence-electron chi connectivity index (χ1n) is 20.9. The summed E-state index contributed by atoms with van der Waals surface area (Å²) in [5.74, 6) is -3.08. The summed E-state index contributed by atoms with van der Waals surface area (Å²) in [5.41, 5.74) is 2.59. The minimum absolute atomic E-state index is 0.00575. The van der Waals surface area contributed by atoms with Crippen LogP contribution in [-0.4, -0.2) is 116 Å². The first-order valence-corrected chi connectivity index (χ1v) is 20.9. The Morgan fingerprint density at radius 3 is 2.36 bits per heavy atom. The van der Waals surface area contributed by atoms with E-state index in [-0.39, 0.29) is 30.0 Å². The van der Waals surface area contributed by atoms with Gasteiger partial charge in [-0.3, -0.25) is 39.2 Å². The number of nitrogens with zero attached hydrogens (tertiary/aromatic N) is 9. The molecule has 1 N–H and O–H groups in total.